The van der Waals surface area contributed by atoms with Crippen LogP contribution in [0.4, 0.5) is 0 Å². The maximum Gasteiger partial charge on any atom is 0.257 e. The number of methoxy groups -OCH3 is 1. The van der Waals surface area contributed by atoms with Crippen molar-refractivity contribution in [2.24, 2.45) is 5.92 Å². The van der Waals surface area contributed by atoms with Crippen molar-refractivity contribution in [3.63, 3.8) is 0 Å². The molecule has 1 amide bonds. The molecule has 0 radical (unpaired) electrons. The molecule has 0 bridgehead atoms. The van der Waals surface area contributed by atoms with Gasteiger partial charge in [-0.25, -0.2) is 8.42 Å². The van der Waals surface area contributed by atoms with Crippen LogP contribution in [-0.4, -0.2) is 107 Å². The lowest BCUT2D eigenvalue weighted by Gasteiger charge is -2.39. The van der Waals surface area contributed by atoms with Gasteiger partial charge in [-0.05, 0) is 50.8 Å². The average Bonchev–Trinajstić information content (AvgIpc) is 2.83. The Labute approximate surface area is 203 Å². The molecule has 9 nitrogen and oxygen atoms in total. The normalized spacial score (nSPS) is 25.9. The third-order valence-electron chi connectivity index (χ3n) is 6.92. The molecule has 3 fully saturated rings. The van der Waals surface area contributed by atoms with Crippen LogP contribution in [0.5, 0.6) is 5.75 Å². The fourth-order valence-corrected chi connectivity index (χ4v) is 6.67. The number of ether oxygens (including phenoxy) is 3. The second-order valence-corrected chi connectivity index (χ2v) is 11.5. The number of amides is 1. The van der Waals surface area contributed by atoms with Gasteiger partial charge in [0, 0.05) is 45.8 Å². The van der Waals surface area contributed by atoms with E-state index in [2.05, 4.69) is 18.7 Å². The third-order valence-corrected chi connectivity index (χ3v) is 8.82. The van der Waals surface area contributed by atoms with Crippen LogP contribution in [0.2, 0.25) is 0 Å². The molecule has 0 aliphatic carbocycles. The third kappa shape index (κ3) is 5.73. The standard InChI is InChI=1S/C24H37N3O6S/c1-18-15-25(16-19(2)33-18)17-20-6-8-26(9-7-20)24(28)22-14-21(4-5-23(22)31-3)34(29,30)27-10-12-32-13-11-27/h4-5,14,18-20H,6-13,15-17H2,1-3H3/t18-,19-/m0/s1. The summed E-state index contributed by atoms with van der Waals surface area (Å²) in [6.07, 6.45) is 2.36. The van der Waals surface area contributed by atoms with Crippen molar-refractivity contribution in [3.8, 4) is 5.75 Å². The van der Waals surface area contributed by atoms with Crippen molar-refractivity contribution in [1.29, 1.82) is 0 Å². The van der Waals surface area contributed by atoms with E-state index in [1.54, 1.807) is 6.07 Å². The average molecular weight is 496 g/mol. The summed E-state index contributed by atoms with van der Waals surface area (Å²) in [7, 11) is -2.20. The quantitative estimate of drug-likeness (QED) is 0.593. The van der Waals surface area contributed by atoms with Crippen molar-refractivity contribution in [2.45, 2.75) is 43.8 Å². The fraction of sp³-hybridized carbons (Fsp3) is 0.708. The maximum atomic E-state index is 13.4. The number of hydrogen-bond donors (Lipinski definition) is 0. The highest BCUT2D eigenvalue weighted by Gasteiger charge is 2.31. The van der Waals surface area contributed by atoms with Gasteiger partial charge in [-0.1, -0.05) is 0 Å². The molecule has 3 aliphatic rings. The molecule has 0 unspecified atom stereocenters. The minimum Gasteiger partial charge on any atom is -0.496 e. The minimum atomic E-state index is -3.70. The number of benzene rings is 1. The van der Waals surface area contributed by atoms with E-state index in [1.807, 2.05) is 4.90 Å². The Kier molecular flexibility index (Phi) is 8.14. The SMILES string of the molecule is COc1ccc(S(=O)(=O)N2CCOCC2)cc1C(=O)N1CCC(CN2C[C@H](C)O[C@@H](C)C2)CC1. The van der Waals surface area contributed by atoms with Gasteiger partial charge in [0.2, 0.25) is 10.0 Å². The first-order chi connectivity index (χ1) is 16.3. The van der Waals surface area contributed by atoms with Gasteiger partial charge in [0.1, 0.15) is 5.75 Å². The van der Waals surface area contributed by atoms with Gasteiger partial charge in [-0.2, -0.15) is 4.31 Å². The molecule has 0 saturated carbocycles. The van der Waals surface area contributed by atoms with Crippen LogP contribution >= 0.6 is 0 Å². The van der Waals surface area contributed by atoms with Crippen LogP contribution < -0.4 is 4.74 Å². The van der Waals surface area contributed by atoms with Crippen LogP contribution in [0.3, 0.4) is 0 Å². The summed E-state index contributed by atoms with van der Waals surface area (Å²) < 4.78 is 44.2. The second kappa shape index (κ2) is 10.9. The molecule has 3 saturated heterocycles. The Balaban J connectivity index is 1.42. The lowest BCUT2D eigenvalue weighted by molar-refractivity contribution is -0.0728. The summed E-state index contributed by atoms with van der Waals surface area (Å²) >= 11 is 0. The molecular formula is C24H37N3O6S. The summed E-state index contributed by atoms with van der Waals surface area (Å²) in [5.74, 6) is 0.753. The van der Waals surface area contributed by atoms with Crippen molar-refractivity contribution < 1.29 is 27.4 Å². The van der Waals surface area contributed by atoms with E-state index in [9.17, 15) is 13.2 Å². The summed E-state index contributed by atoms with van der Waals surface area (Å²) in [5, 5.41) is 0. The number of hydrogen-bond acceptors (Lipinski definition) is 7. The maximum absolute atomic E-state index is 13.4. The number of nitrogens with zero attached hydrogens (tertiary/aromatic N) is 3. The van der Waals surface area contributed by atoms with Crippen LogP contribution in [-0.2, 0) is 19.5 Å². The molecule has 3 aliphatic heterocycles. The Hall–Kier alpha value is -1.72. The minimum absolute atomic E-state index is 0.115. The molecule has 34 heavy (non-hydrogen) atoms. The van der Waals surface area contributed by atoms with Gasteiger partial charge in [0.05, 0.1) is 43.0 Å². The molecule has 190 valence electrons. The van der Waals surface area contributed by atoms with E-state index in [0.717, 1.165) is 32.5 Å². The molecule has 1 aromatic carbocycles. The van der Waals surface area contributed by atoms with Crippen LogP contribution in [0.25, 0.3) is 0 Å². The summed E-state index contributed by atoms with van der Waals surface area (Å²) in [6, 6.07) is 4.56. The van der Waals surface area contributed by atoms with E-state index in [1.165, 1.54) is 23.5 Å². The topological polar surface area (TPSA) is 88.6 Å². The number of sulfonamides is 1. The first-order valence-corrected chi connectivity index (χ1v) is 13.6. The largest absolute Gasteiger partial charge is 0.496 e. The lowest BCUT2D eigenvalue weighted by Crippen LogP contribution is -2.48. The molecule has 10 heteroatoms. The second-order valence-electron chi connectivity index (χ2n) is 9.59. The molecule has 2 atom stereocenters. The number of carbonyl (C=O) groups excluding carboxylic acids is 1. The molecule has 3 heterocycles. The predicted octanol–water partition coefficient (Wildman–Crippen LogP) is 1.68. The molecular weight excluding hydrogens is 458 g/mol. The van der Waals surface area contributed by atoms with Crippen LogP contribution in [0.1, 0.15) is 37.0 Å². The van der Waals surface area contributed by atoms with E-state index in [4.69, 9.17) is 14.2 Å². The van der Waals surface area contributed by atoms with Gasteiger partial charge >= 0.3 is 0 Å². The van der Waals surface area contributed by atoms with Crippen LogP contribution in [0.15, 0.2) is 23.1 Å². The molecule has 0 N–H and O–H groups in total. The van der Waals surface area contributed by atoms with E-state index < -0.39 is 10.0 Å². The van der Waals surface area contributed by atoms with Gasteiger partial charge in [0.25, 0.3) is 5.91 Å². The fourth-order valence-electron chi connectivity index (χ4n) is 5.24. The van der Waals surface area contributed by atoms with Crippen molar-refractivity contribution in [2.75, 3.05) is 66.1 Å². The number of piperidine rings is 1. The number of carbonyl (C=O) groups is 1. The Morgan fingerprint density at radius 1 is 1.06 bits per heavy atom. The van der Waals surface area contributed by atoms with Crippen molar-refractivity contribution in [1.82, 2.24) is 14.1 Å². The zero-order valence-electron chi connectivity index (χ0n) is 20.4. The van der Waals surface area contributed by atoms with E-state index >= 15 is 0 Å². The summed E-state index contributed by atoms with van der Waals surface area (Å²) in [6.45, 7) is 9.84. The van der Waals surface area contributed by atoms with Gasteiger partial charge in [-0.15, -0.1) is 0 Å². The highest BCUT2D eigenvalue weighted by Crippen LogP contribution is 2.28. The van der Waals surface area contributed by atoms with Gasteiger partial charge in [-0.3, -0.25) is 9.69 Å². The van der Waals surface area contributed by atoms with Crippen LogP contribution in [0, 0.1) is 5.92 Å². The predicted molar refractivity (Wildman–Crippen MR) is 128 cm³/mol. The highest BCUT2D eigenvalue weighted by molar-refractivity contribution is 7.89. The molecule has 0 spiro atoms. The van der Waals surface area contributed by atoms with Gasteiger partial charge in [0.15, 0.2) is 0 Å². The number of rotatable bonds is 6. The van der Waals surface area contributed by atoms with E-state index in [0.29, 0.717) is 56.6 Å². The van der Waals surface area contributed by atoms with Crippen molar-refractivity contribution >= 4 is 15.9 Å². The molecule has 0 aromatic heterocycles. The monoisotopic (exact) mass is 495 g/mol. The highest BCUT2D eigenvalue weighted by atomic mass is 32.2. The van der Waals surface area contributed by atoms with Gasteiger partial charge < -0.3 is 19.1 Å². The molecule has 4 rings (SSSR count). The zero-order chi connectivity index (χ0) is 24.3. The van der Waals surface area contributed by atoms with E-state index in [-0.39, 0.29) is 23.0 Å². The Bertz CT molecular complexity index is 947. The summed E-state index contributed by atoms with van der Waals surface area (Å²) in [5.41, 5.74) is 0.297. The number of morpholine rings is 2. The lowest BCUT2D eigenvalue weighted by atomic mass is 9.95. The first-order valence-electron chi connectivity index (χ1n) is 12.2. The summed E-state index contributed by atoms with van der Waals surface area (Å²) in [4.78, 5) is 17.8. The number of likely N-dealkylation sites (tertiary alicyclic amines) is 1. The Morgan fingerprint density at radius 2 is 1.71 bits per heavy atom. The smallest absolute Gasteiger partial charge is 0.257 e. The van der Waals surface area contributed by atoms with Crippen molar-refractivity contribution in [3.05, 3.63) is 23.8 Å². The zero-order valence-corrected chi connectivity index (χ0v) is 21.3. The Morgan fingerprint density at radius 3 is 2.32 bits per heavy atom. The first kappa shape index (κ1) is 25.4. The molecule has 1 aromatic rings.